The lowest BCUT2D eigenvalue weighted by Gasteiger charge is -1.84. The molecule has 0 aliphatic heterocycles. The Hall–Kier alpha value is -1.32. The molecule has 0 spiro atoms. The van der Waals surface area contributed by atoms with Crippen molar-refractivity contribution in [2.75, 3.05) is 0 Å². The zero-order valence-electron chi connectivity index (χ0n) is 4.92. The van der Waals surface area contributed by atoms with Crippen molar-refractivity contribution in [1.29, 1.82) is 0 Å². The first-order valence-corrected chi connectivity index (χ1v) is 2.00. The Morgan fingerprint density at radius 3 is 3.00 bits per heavy atom. The van der Waals surface area contributed by atoms with E-state index in [-0.39, 0.29) is 12.0 Å². The maximum absolute atomic E-state index is 9.91. The van der Waals surface area contributed by atoms with Crippen LogP contribution < -0.4 is 0 Å². The lowest BCUT2D eigenvalue weighted by atomic mass is 10.6. The number of hydrogen-bond acceptors (Lipinski definition) is 2. The molecule has 0 aliphatic carbocycles. The van der Waals surface area contributed by atoms with Gasteiger partial charge in [-0.2, -0.15) is 0 Å². The molecule has 0 aromatic carbocycles. The Morgan fingerprint density at radius 2 is 2.75 bits per heavy atom. The summed E-state index contributed by atoms with van der Waals surface area (Å²) in [4.78, 5) is 11.6. The highest BCUT2D eigenvalue weighted by molar-refractivity contribution is 5.17. The molecule has 0 bridgehead atoms. The van der Waals surface area contributed by atoms with Gasteiger partial charge in [0, 0.05) is 6.07 Å². The van der Waals surface area contributed by atoms with Crippen molar-refractivity contribution in [2.24, 2.45) is 0 Å². The minimum Gasteiger partial charge on any atom is -0.358 e. The predicted octanol–water partition coefficient (Wildman–Crippen LogP) is 0.923. The van der Waals surface area contributed by atoms with Crippen LogP contribution in [0, 0.1) is 10.1 Å². The van der Waals surface area contributed by atoms with Crippen LogP contribution in [-0.4, -0.2) is 9.91 Å². The molecule has 0 aliphatic rings. The summed E-state index contributed by atoms with van der Waals surface area (Å²) >= 11 is 0. The van der Waals surface area contributed by atoms with Crippen molar-refractivity contribution in [2.45, 2.75) is 0 Å². The summed E-state index contributed by atoms with van der Waals surface area (Å²) in [6.45, 7) is 0. The van der Waals surface area contributed by atoms with Gasteiger partial charge in [-0.25, -0.2) is 4.98 Å². The first-order valence-electron chi connectivity index (χ1n) is 2.50. The predicted molar refractivity (Wildman–Crippen MR) is 27.4 cm³/mol. The molecule has 0 saturated heterocycles. The second-order valence-electron chi connectivity index (χ2n) is 1.25. The second kappa shape index (κ2) is 1.65. The van der Waals surface area contributed by atoms with Gasteiger partial charge in [0.05, 0.1) is 6.17 Å². The van der Waals surface area contributed by atoms with Crippen molar-refractivity contribution in [3.8, 4) is 0 Å². The van der Waals surface area contributed by atoms with Crippen molar-refractivity contribution in [3.63, 3.8) is 0 Å². The molecular weight excluding hydrogens is 108 g/mol. The Morgan fingerprint density at radius 1 is 2.00 bits per heavy atom. The summed E-state index contributed by atoms with van der Waals surface area (Å²) in [6, 6.07) is 2.58. The van der Waals surface area contributed by atoms with Crippen LogP contribution in [0.4, 0.5) is 5.82 Å². The summed E-state index contributed by atoms with van der Waals surface area (Å²) < 4.78 is 6.85. The standard InChI is InChI=1S/C4H4N2O2/c7-6(8)4-2-1-3-5-4/h1-3,5H/i3D. The van der Waals surface area contributed by atoms with Gasteiger partial charge >= 0.3 is 5.82 Å². The number of rotatable bonds is 1. The highest BCUT2D eigenvalue weighted by atomic mass is 16.6. The maximum Gasteiger partial charge on any atom is 0.320 e. The van der Waals surface area contributed by atoms with E-state index in [0.717, 1.165) is 0 Å². The van der Waals surface area contributed by atoms with E-state index in [9.17, 15) is 10.1 Å². The van der Waals surface area contributed by atoms with Crippen LogP contribution in [0.1, 0.15) is 1.37 Å². The molecule has 42 valence electrons. The normalized spacial score (nSPS) is 10.8. The Bertz CT molecular complexity index is 232. The lowest BCUT2D eigenvalue weighted by molar-refractivity contribution is -0.389. The Labute approximate surface area is 46.7 Å². The van der Waals surface area contributed by atoms with Gasteiger partial charge in [-0.1, -0.05) is 0 Å². The minimum absolute atomic E-state index is 0.0571. The number of H-pyrrole nitrogens is 1. The molecule has 0 amide bonds. The van der Waals surface area contributed by atoms with E-state index in [1.165, 1.54) is 12.1 Å². The first kappa shape index (κ1) is 3.65. The average Bonchev–Trinajstić information content (AvgIpc) is 2.14. The third-order valence-electron chi connectivity index (χ3n) is 0.721. The quantitative estimate of drug-likeness (QED) is 0.435. The molecule has 4 nitrogen and oxygen atoms in total. The van der Waals surface area contributed by atoms with Gasteiger partial charge in [0.2, 0.25) is 0 Å². The molecule has 0 unspecified atom stereocenters. The van der Waals surface area contributed by atoms with Crippen LogP contribution in [0.3, 0.4) is 0 Å². The van der Waals surface area contributed by atoms with Crippen LogP contribution in [0.25, 0.3) is 0 Å². The van der Waals surface area contributed by atoms with Gasteiger partial charge < -0.3 is 10.1 Å². The Balaban J connectivity index is 2.98. The highest BCUT2D eigenvalue weighted by Crippen LogP contribution is 2.02. The van der Waals surface area contributed by atoms with Crippen LogP contribution >= 0.6 is 0 Å². The maximum atomic E-state index is 9.91. The van der Waals surface area contributed by atoms with Gasteiger partial charge in [-0.3, -0.25) is 0 Å². The van der Waals surface area contributed by atoms with Gasteiger partial charge in [-0.15, -0.1) is 0 Å². The van der Waals surface area contributed by atoms with Gasteiger partial charge in [-0.05, 0) is 11.0 Å². The van der Waals surface area contributed by atoms with E-state index in [1.807, 2.05) is 0 Å². The molecule has 1 aromatic rings. The van der Waals surface area contributed by atoms with Gasteiger partial charge in [0.1, 0.15) is 1.37 Å². The summed E-state index contributed by atoms with van der Waals surface area (Å²) in [7, 11) is 0. The van der Waals surface area contributed by atoms with Crippen LogP contribution in [0.5, 0.6) is 0 Å². The molecule has 1 rings (SSSR count). The monoisotopic (exact) mass is 113 g/mol. The molecule has 1 heterocycles. The largest absolute Gasteiger partial charge is 0.358 e. The topological polar surface area (TPSA) is 58.9 Å². The number of nitrogens with zero attached hydrogens (tertiary/aromatic N) is 1. The minimum atomic E-state index is -0.571. The zero-order chi connectivity index (χ0) is 6.85. The number of nitrogens with one attached hydrogen (secondary N) is 1. The highest BCUT2D eigenvalue weighted by Gasteiger charge is 1.97. The fraction of sp³-hybridized carbons (Fsp3) is 0. The van der Waals surface area contributed by atoms with Crippen molar-refractivity contribution in [3.05, 3.63) is 28.4 Å². The summed E-state index contributed by atoms with van der Waals surface area (Å²) in [5, 5.41) is 9.91. The van der Waals surface area contributed by atoms with E-state index >= 15 is 0 Å². The van der Waals surface area contributed by atoms with E-state index in [2.05, 4.69) is 4.98 Å². The fourth-order valence-corrected chi connectivity index (χ4v) is 0.384. The molecular formula is C4H4N2O2. The average molecular weight is 113 g/mol. The molecule has 0 saturated carbocycles. The van der Waals surface area contributed by atoms with Crippen LogP contribution in [0.2, 0.25) is 0 Å². The molecule has 0 radical (unpaired) electrons. The van der Waals surface area contributed by atoms with Gasteiger partial charge in [0.15, 0.2) is 0 Å². The van der Waals surface area contributed by atoms with Crippen molar-refractivity contribution >= 4 is 5.82 Å². The van der Waals surface area contributed by atoms with Crippen LogP contribution in [-0.2, 0) is 0 Å². The molecule has 0 fully saturated rings. The van der Waals surface area contributed by atoms with Crippen molar-refractivity contribution in [1.82, 2.24) is 4.98 Å². The Kier molecular flexibility index (Phi) is 0.754. The molecule has 1 N–H and O–H groups in total. The first-order chi connectivity index (χ1) is 4.20. The van der Waals surface area contributed by atoms with Gasteiger partial charge in [0.25, 0.3) is 0 Å². The third-order valence-corrected chi connectivity index (χ3v) is 0.721. The summed E-state index contributed by atoms with van der Waals surface area (Å²) in [5.41, 5.74) is 0. The summed E-state index contributed by atoms with van der Waals surface area (Å²) in [6.07, 6.45) is 0.0571. The summed E-state index contributed by atoms with van der Waals surface area (Å²) in [5.74, 6) is -0.139. The number of nitro groups is 1. The van der Waals surface area contributed by atoms with Crippen molar-refractivity contribution < 1.29 is 6.29 Å². The second-order valence-corrected chi connectivity index (χ2v) is 1.25. The van der Waals surface area contributed by atoms with E-state index in [1.54, 1.807) is 0 Å². The third kappa shape index (κ3) is 0.676. The lowest BCUT2D eigenvalue weighted by Crippen LogP contribution is -1.85. The smallest absolute Gasteiger partial charge is 0.320 e. The van der Waals surface area contributed by atoms with E-state index in [4.69, 9.17) is 1.37 Å². The van der Waals surface area contributed by atoms with E-state index < -0.39 is 4.92 Å². The number of aromatic amines is 1. The fourth-order valence-electron chi connectivity index (χ4n) is 0.384. The van der Waals surface area contributed by atoms with E-state index in [0.29, 0.717) is 0 Å². The van der Waals surface area contributed by atoms with Crippen LogP contribution in [0.15, 0.2) is 18.3 Å². The molecule has 4 heteroatoms. The SMILES string of the molecule is [2H]c1ccc([N+](=O)[O-])[nH]1. The number of aromatic nitrogens is 1. The molecule has 0 atom stereocenters. The number of hydrogen-bond donors (Lipinski definition) is 1. The molecule has 1 aromatic heterocycles. The zero-order valence-corrected chi connectivity index (χ0v) is 3.92. The molecule has 8 heavy (non-hydrogen) atoms.